The summed E-state index contributed by atoms with van der Waals surface area (Å²) < 4.78 is 1.17. The van der Waals surface area contributed by atoms with Gasteiger partial charge in [-0.2, -0.15) is 0 Å². The van der Waals surface area contributed by atoms with Crippen molar-refractivity contribution in [3.8, 4) is 0 Å². The molecule has 1 unspecified atom stereocenters. The van der Waals surface area contributed by atoms with Crippen LogP contribution >= 0.6 is 11.3 Å². The minimum absolute atomic E-state index is 0.110. The highest BCUT2D eigenvalue weighted by atomic mass is 32.1. The van der Waals surface area contributed by atoms with Gasteiger partial charge in [-0.3, -0.25) is 4.79 Å². The van der Waals surface area contributed by atoms with Crippen LogP contribution in [-0.2, 0) is 4.79 Å². The molecule has 1 atom stereocenters. The Morgan fingerprint density at radius 1 is 1.44 bits per heavy atom. The van der Waals surface area contributed by atoms with Gasteiger partial charge in [-0.05, 0) is 12.1 Å². The largest absolute Gasteiger partial charge is 0.356 e. The van der Waals surface area contributed by atoms with E-state index < -0.39 is 0 Å². The van der Waals surface area contributed by atoms with Crippen LogP contribution in [0.1, 0.15) is 6.42 Å². The average molecular weight is 233 g/mol. The molecule has 1 amide bonds. The zero-order valence-electron chi connectivity index (χ0n) is 8.56. The molecule has 0 radical (unpaired) electrons. The van der Waals surface area contributed by atoms with Gasteiger partial charge in [-0.1, -0.05) is 23.5 Å². The number of hydrogen-bond acceptors (Lipinski definition) is 4. The molecule has 0 saturated carbocycles. The first kappa shape index (κ1) is 9.59. The minimum Gasteiger partial charge on any atom is -0.356 e. The van der Waals surface area contributed by atoms with Crippen molar-refractivity contribution < 1.29 is 4.79 Å². The fourth-order valence-electron chi connectivity index (χ4n) is 1.82. The third-order valence-corrected chi connectivity index (χ3v) is 3.57. The fourth-order valence-corrected chi connectivity index (χ4v) is 2.76. The van der Waals surface area contributed by atoms with Gasteiger partial charge in [0.1, 0.15) is 0 Å². The lowest BCUT2D eigenvalue weighted by Crippen LogP contribution is -2.22. The Labute approximate surface area is 96.7 Å². The Kier molecular flexibility index (Phi) is 2.25. The van der Waals surface area contributed by atoms with Crippen molar-refractivity contribution in [2.24, 2.45) is 0 Å². The van der Waals surface area contributed by atoms with E-state index in [0.29, 0.717) is 13.0 Å². The van der Waals surface area contributed by atoms with E-state index in [0.717, 1.165) is 10.6 Å². The second-order valence-corrected chi connectivity index (χ2v) is 4.87. The van der Waals surface area contributed by atoms with Crippen molar-refractivity contribution >= 4 is 32.6 Å². The highest BCUT2D eigenvalue weighted by molar-refractivity contribution is 7.22. The highest BCUT2D eigenvalue weighted by Crippen LogP contribution is 2.26. The molecule has 1 aliphatic rings. The zero-order valence-corrected chi connectivity index (χ0v) is 9.38. The summed E-state index contributed by atoms with van der Waals surface area (Å²) in [4.78, 5) is 15.5. The molecule has 4 nitrogen and oxygen atoms in total. The topological polar surface area (TPSA) is 54.0 Å². The Hall–Kier alpha value is -1.62. The first-order valence-electron chi connectivity index (χ1n) is 5.20. The van der Waals surface area contributed by atoms with Gasteiger partial charge < -0.3 is 10.6 Å². The molecule has 1 saturated heterocycles. The third kappa shape index (κ3) is 1.74. The van der Waals surface area contributed by atoms with Gasteiger partial charge in [0.05, 0.1) is 16.3 Å². The molecule has 0 bridgehead atoms. The lowest BCUT2D eigenvalue weighted by molar-refractivity contribution is -0.119. The Morgan fingerprint density at radius 2 is 2.31 bits per heavy atom. The summed E-state index contributed by atoms with van der Waals surface area (Å²) in [6.45, 7) is 0.689. The predicted molar refractivity (Wildman–Crippen MR) is 64.7 cm³/mol. The fraction of sp³-hybridized carbons (Fsp3) is 0.273. The van der Waals surface area contributed by atoms with E-state index in [1.165, 1.54) is 4.70 Å². The lowest BCUT2D eigenvalue weighted by Gasteiger charge is -2.07. The zero-order chi connectivity index (χ0) is 11.0. The number of thiazole rings is 1. The highest BCUT2D eigenvalue weighted by Gasteiger charge is 2.21. The number of nitrogens with zero attached hydrogens (tertiary/aromatic N) is 1. The van der Waals surface area contributed by atoms with Gasteiger partial charge in [0.25, 0.3) is 0 Å². The van der Waals surface area contributed by atoms with Gasteiger partial charge >= 0.3 is 0 Å². The summed E-state index contributed by atoms with van der Waals surface area (Å²) >= 11 is 1.62. The number of para-hydroxylation sites is 1. The normalized spacial score (nSPS) is 20.0. The number of fused-ring (bicyclic) bond motifs is 1. The van der Waals surface area contributed by atoms with Crippen molar-refractivity contribution in [1.82, 2.24) is 10.3 Å². The third-order valence-electron chi connectivity index (χ3n) is 2.60. The number of benzene rings is 1. The molecule has 82 valence electrons. The van der Waals surface area contributed by atoms with E-state index in [1.54, 1.807) is 11.3 Å². The van der Waals surface area contributed by atoms with Crippen LogP contribution < -0.4 is 10.6 Å². The molecule has 1 fully saturated rings. The van der Waals surface area contributed by atoms with E-state index in [9.17, 15) is 4.79 Å². The van der Waals surface area contributed by atoms with Crippen LogP contribution in [0.3, 0.4) is 0 Å². The molecule has 3 rings (SSSR count). The molecular weight excluding hydrogens is 222 g/mol. The van der Waals surface area contributed by atoms with Crippen LogP contribution in [0.2, 0.25) is 0 Å². The molecular formula is C11H11N3OS. The molecule has 1 aliphatic heterocycles. The summed E-state index contributed by atoms with van der Waals surface area (Å²) in [7, 11) is 0. The van der Waals surface area contributed by atoms with Crippen LogP contribution in [0, 0.1) is 0 Å². The summed E-state index contributed by atoms with van der Waals surface area (Å²) in [5.74, 6) is 0.110. The Balaban J connectivity index is 1.81. The first-order valence-corrected chi connectivity index (χ1v) is 6.02. The van der Waals surface area contributed by atoms with Gasteiger partial charge in [0.15, 0.2) is 5.13 Å². The molecule has 0 aliphatic carbocycles. The number of amides is 1. The van der Waals surface area contributed by atoms with Gasteiger partial charge in [0.2, 0.25) is 5.91 Å². The van der Waals surface area contributed by atoms with Gasteiger partial charge in [0, 0.05) is 13.0 Å². The lowest BCUT2D eigenvalue weighted by atomic mass is 10.3. The van der Waals surface area contributed by atoms with E-state index >= 15 is 0 Å². The Bertz CT molecular complexity index is 504. The van der Waals surface area contributed by atoms with Crippen LogP contribution in [0.25, 0.3) is 10.2 Å². The van der Waals surface area contributed by atoms with Crippen LogP contribution in [0.4, 0.5) is 5.13 Å². The first-order chi connectivity index (χ1) is 7.81. The molecule has 2 heterocycles. The van der Waals surface area contributed by atoms with Gasteiger partial charge in [-0.25, -0.2) is 4.98 Å². The smallest absolute Gasteiger partial charge is 0.222 e. The second kappa shape index (κ2) is 3.75. The van der Waals surface area contributed by atoms with Crippen LogP contribution in [0.15, 0.2) is 24.3 Å². The number of carbonyl (C=O) groups is 1. The number of anilines is 1. The Morgan fingerprint density at radius 3 is 3.06 bits per heavy atom. The molecule has 5 heteroatoms. The SMILES string of the molecule is O=C1CC(Nc2nc3ccccc3s2)CN1. The van der Waals surface area contributed by atoms with E-state index in [2.05, 4.69) is 21.7 Å². The quantitative estimate of drug-likeness (QED) is 0.828. The maximum absolute atomic E-state index is 11.0. The summed E-state index contributed by atoms with van der Waals surface area (Å²) in [5, 5.41) is 6.98. The number of rotatable bonds is 2. The van der Waals surface area contributed by atoms with Crippen LogP contribution in [-0.4, -0.2) is 23.5 Å². The van der Waals surface area contributed by atoms with Crippen molar-refractivity contribution in [1.29, 1.82) is 0 Å². The molecule has 2 N–H and O–H groups in total. The number of nitrogens with one attached hydrogen (secondary N) is 2. The number of aromatic nitrogens is 1. The molecule has 16 heavy (non-hydrogen) atoms. The predicted octanol–water partition coefficient (Wildman–Crippen LogP) is 1.60. The van der Waals surface area contributed by atoms with Crippen molar-refractivity contribution in [2.45, 2.75) is 12.5 Å². The van der Waals surface area contributed by atoms with Crippen molar-refractivity contribution in [2.75, 3.05) is 11.9 Å². The maximum Gasteiger partial charge on any atom is 0.222 e. The maximum atomic E-state index is 11.0. The summed E-state index contributed by atoms with van der Waals surface area (Å²) in [6, 6.07) is 8.20. The van der Waals surface area contributed by atoms with E-state index in [4.69, 9.17) is 0 Å². The average Bonchev–Trinajstić information content (AvgIpc) is 2.84. The monoisotopic (exact) mass is 233 g/mol. The van der Waals surface area contributed by atoms with Crippen molar-refractivity contribution in [3.63, 3.8) is 0 Å². The summed E-state index contributed by atoms with van der Waals surface area (Å²) in [5.41, 5.74) is 1.01. The van der Waals surface area contributed by atoms with E-state index in [-0.39, 0.29) is 11.9 Å². The van der Waals surface area contributed by atoms with Crippen molar-refractivity contribution in [3.05, 3.63) is 24.3 Å². The molecule has 0 spiro atoms. The summed E-state index contributed by atoms with van der Waals surface area (Å²) in [6.07, 6.45) is 0.538. The molecule has 1 aromatic carbocycles. The van der Waals surface area contributed by atoms with Gasteiger partial charge in [-0.15, -0.1) is 0 Å². The number of hydrogen-bond donors (Lipinski definition) is 2. The molecule has 2 aromatic rings. The van der Waals surface area contributed by atoms with E-state index in [1.807, 2.05) is 18.2 Å². The molecule has 1 aromatic heterocycles. The van der Waals surface area contributed by atoms with Crippen LogP contribution in [0.5, 0.6) is 0 Å². The minimum atomic E-state index is 0.110. The second-order valence-electron chi connectivity index (χ2n) is 3.84. The number of carbonyl (C=O) groups excluding carboxylic acids is 1. The standard InChI is InChI=1S/C11H11N3OS/c15-10-5-7(6-12-10)13-11-14-8-3-1-2-4-9(8)16-11/h1-4,7H,5-6H2,(H,12,15)(H,13,14).